The molecule has 4 heteroatoms. The van der Waals surface area contributed by atoms with Crippen molar-refractivity contribution in [2.45, 2.75) is 13.8 Å². The fraction of sp³-hybridized carbons (Fsp3) is 0.167. The molecule has 0 amide bonds. The number of esters is 1. The molecule has 114 valence electrons. The molecule has 22 heavy (non-hydrogen) atoms. The van der Waals surface area contributed by atoms with Crippen molar-refractivity contribution in [3.05, 3.63) is 71.7 Å². The minimum atomic E-state index is -0.388. The van der Waals surface area contributed by atoms with Crippen LogP contribution in [-0.2, 0) is 9.53 Å². The van der Waals surface area contributed by atoms with Crippen LogP contribution in [0.5, 0.6) is 0 Å². The smallest absolute Gasteiger partial charge is 0.340 e. The summed E-state index contributed by atoms with van der Waals surface area (Å²) in [5.74, 6) is -0.693. The Bertz CT molecular complexity index is 663. The van der Waals surface area contributed by atoms with Crippen LogP contribution in [0.4, 0.5) is 10.1 Å². The van der Waals surface area contributed by atoms with Crippen molar-refractivity contribution in [3.63, 3.8) is 0 Å². The summed E-state index contributed by atoms with van der Waals surface area (Å²) in [4.78, 5) is 12.2. The second-order valence-electron chi connectivity index (χ2n) is 4.72. The average molecular weight is 299 g/mol. The van der Waals surface area contributed by atoms with Gasteiger partial charge in [0.15, 0.2) is 0 Å². The van der Waals surface area contributed by atoms with Gasteiger partial charge in [0, 0.05) is 11.4 Å². The molecule has 2 rings (SSSR count). The van der Waals surface area contributed by atoms with Gasteiger partial charge in [0.2, 0.25) is 0 Å². The molecule has 0 heterocycles. The number of anilines is 1. The van der Waals surface area contributed by atoms with Crippen molar-refractivity contribution in [1.29, 1.82) is 0 Å². The first-order valence-corrected chi connectivity index (χ1v) is 7.08. The Balaban J connectivity index is 2.37. The van der Waals surface area contributed by atoms with Crippen LogP contribution in [-0.4, -0.2) is 12.6 Å². The molecule has 0 spiro atoms. The molecule has 0 unspecified atom stereocenters. The van der Waals surface area contributed by atoms with Gasteiger partial charge in [0.05, 0.1) is 12.2 Å². The number of carbonyl (C=O) groups is 1. The lowest BCUT2D eigenvalue weighted by Crippen LogP contribution is -2.12. The van der Waals surface area contributed by atoms with Gasteiger partial charge < -0.3 is 10.1 Å². The fourth-order valence-electron chi connectivity index (χ4n) is 2.11. The molecular weight excluding hydrogens is 281 g/mol. The lowest BCUT2D eigenvalue weighted by Gasteiger charge is -2.14. The number of halogens is 1. The van der Waals surface area contributed by atoms with Gasteiger partial charge in [-0.3, -0.25) is 0 Å². The van der Waals surface area contributed by atoms with Gasteiger partial charge in [0.1, 0.15) is 5.82 Å². The summed E-state index contributed by atoms with van der Waals surface area (Å²) in [5, 5.41) is 3.12. The first-order valence-electron chi connectivity index (χ1n) is 7.08. The van der Waals surface area contributed by atoms with Gasteiger partial charge in [0.25, 0.3) is 0 Å². The number of hydrogen-bond acceptors (Lipinski definition) is 3. The van der Waals surface area contributed by atoms with E-state index in [1.807, 2.05) is 30.3 Å². The molecule has 0 aliphatic rings. The molecule has 3 nitrogen and oxygen atoms in total. The van der Waals surface area contributed by atoms with E-state index in [-0.39, 0.29) is 11.8 Å². The zero-order valence-electron chi connectivity index (χ0n) is 12.6. The maximum atomic E-state index is 13.0. The molecule has 0 saturated heterocycles. The molecule has 0 bridgehead atoms. The highest BCUT2D eigenvalue weighted by molar-refractivity contribution is 6.17. The molecule has 2 aromatic carbocycles. The van der Waals surface area contributed by atoms with Gasteiger partial charge in [-0.1, -0.05) is 30.3 Å². The van der Waals surface area contributed by atoms with Gasteiger partial charge >= 0.3 is 5.97 Å². The zero-order valence-corrected chi connectivity index (χ0v) is 12.6. The predicted octanol–water partition coefficient (Wildman–Crippen LogP) is 4.23. The number of nitrogens with one attached hydrogen (secondary N) is 1. The van der Waals surface area contributed by atoms with E-state index in [0.717, 1.165) is 5.56 Å². The minimum Gasteiger partial charge on any atom is -0.462 e. The fourth-order valence-corrected chi connectivity index (χ4v) is 2.11. The third-order valence-corrected chi connectivity index (χ3v) is 3.09. The third kappa shape index (κ3) is 3.95. The molecular formula is C18H18FNO2. The Hall–Kier alpha value is -2.62. The van der Waals surface area contributed by atoms with E-state index in [2.05, 4.69) is 5.32 Å². The second-order valence-corrected chi connectivity index (χ2v) is 4.72. The summed E-state index contributed by atoms with van der Waals surface area (Å²) in [7, 11) is 0. The van der Waals surface area contributed by atoms with E-state index >= 15 is 0 Å². The highest BCUT2D eigenvalue weighted by Crippen LogP contribution is 2.22. The lowest BCUT2D eigenvalue weighted by molar-refractivity contribution is -0.136. The molecule has 0 fully saturated rings. The molecule has 0 aliphatic heterocycles. The standard InChI is InChI=1S/C18H18FNO2/c1-3-22-18(21)17(14-7-5-4-6-8-14)13(2)20-16-11-9-15(19)10-12-16/h4-12,20H,3H2,1-2H3/b17-13+. The van der Waals surface area contributed by atoms with E-state index in [9.17, 15) is 9.18 Å². The van der Waals surface area contributed by atoms with E-state index < -0.39 is 0 Å². The van der Waals surface area contributed by atoms with E-state index in [1.165, 1.54) is 12.1 Å². The van der Waals surface area contributed by atoms with Crippen LogP contribution in [0.2, 0.25) is 0 Å². The summed E-state index contributed by atoms with van der Waals surface area (Å²) >= 11 is 0. The molecule has 0 aliphatic carbocycles. The van der Waals surface area contributed by atoms with Gasteiger partial charge in [-0.2, -0.15) is 0 Å². The maximum absolute atomic E-state index is 13.0. The third-order valence-electron chi connectivity index (χ3n) is 3.09. The van der Waals surface area contributed by atoms with Gasteiger partial charge in [-0.25, -0.2) is 9.18 Å². The topological polar surface area (TPSA) is 38.3 Å². The molecule has 0 saturated carbocycles. The van der Waals surface area contributed by atoms with Crippen molar-refractivity contribution in [1.82, 2.24) is 0 Å². The highest BCUT2D eigenvalue weighted by Gasteiger charge is 2.16. The monoisotopic (exact) mass is 299 g/mol. The number of carbonyl (C=O) groups excluding carboxylic acids is 1. The SMILES string of the molecule is CCOC(=O)/C(=C(\C)Nc1ccc(F)cc1)c1ccccc1. The number of rotatable bonds is 5. The summed E-state index contributed by atoms with van der Waals surface area (Å²) in [5.41, 5.74) is 2.59. The summed E-state index contributed by atoms with van der Waals surface area (Å²) < 4.78 is 18.1. The molecule has 0 radical (unpaired) electrons. The van der Waals surface area contributed by atoms with Crippen LogP contribution in [0.25, 0.3) is 5.57 Å². The Kier molecular flexibility index (Phi) is 5.31. The lowest BCUT2D eigenvalue weighted by atomic mass is 10.0. The molecule has 0 atom stereocenters. The van der Waals surface area contributed by atoms with Crippen molar-refractivity contribution in [3.8, 4) is 0 Å². The van der Waals surface area contributed by atoms with Crippen LogP contribution >= 0.6 is 0 Å². The number of benzene rings is 2. The average Bonchev–Trinajstić information content (AvgIpc) is 2.51. The van der Waals surface area contributed by atoms with Crippen molar-refractivity contribution < 1.29 is 13.9 Å². The first kappa shape index (κ1) is 15.8. The summed E-state index contributed by atoms with van der Waals surface area (Å²) in [6.07, 6.45) is 0. The molecule has 0 aromatic heterocycles. The number of hydrogen-bond donors (Lipinski definition) is 1. The van der Waals surface area contributed by atoms with Crippen molar-refractivity contribution in [2.75, 3.05) is 11.9 Å². The van der Waals surface area contributed by atoms with E-state index in [4.69, 9.17) is 4.74 Å². The van der Waals surface area contributed by atoms with Crippen LogP contribution in [0.15, 0.2) is 60.3 Å². The zero-order chi connectivity index (χ0) is 15.9. The Morgan fingerprint density at radius 3 is 2.32 bits per heavy atom. The van der Waals surface area contributed by atoms with Crippen molar-refractivity contribution >= 4 is 17.2 Å². The van der Waals surface area contributed by atoms with Crippen LogP contribution in [0.3, 0.4) is 0 Å². The normalized spacial score (nSPS) is 11.6. The van der Waals surface area contributed by atoms with Crippen LogP contribution < -0.4 is 5.32 Å². The summed E-state index contributed by atoms with van der Waals surface area (Å²) in [6.45, 7) is 3.87. The number of allylic oxidation sites excluding steroid dienone is 1. The van der Waals surface area contributed by atoms with Crippen LogP contribution in [0, 0.1) is 5.82 Å². The Morgan fingerprint density at radius 2 is 1.73 bits per heavy atom. The quantitative estimate of drug-likeness (QED) is 0.663. The Morgan fingerprint density at radius 1 is 1.09 bits per heavy atom. The summed E-state index contributed by atoms with van der Waals surface area (Å²) in [6, 6.07) is 15.3. The van der Waals surface area contributed by atoms with Crippen LogP contribution in [0.1, 0.15) is 19.4 Å². The Labute approximate surface area is 129 Å². The van der Waals surface area contributed by atoms with E-state index in [0.29, 0.717) is 23.6 Å². The van der Waals surface area contributed by atoms with E-state index in [1.54, 1.807) is 26.0 Å². The first-order chi connectivity index (χ1) is 10.6. The second kappa shape index (κ2) is 7.41. The molecule has 2 aromatic rings. The number of ether oxygens (including phenoxy) is 1. The highest BCUT2D eigenvalue weighted by atomic mass is 19.1. The minimum absolute atomic E-state index is 0.305. The van der Waals surface area contributed by atoms with Gasteiger partial charge in [-0.15, -0.1) is 0 Å². The maximum Gasteiger partial charge on any atom is 0.340 e. The molecule has 1 N–H and O–H groups in total. The predicted molar refractivity (Wildman–Crippen MR) is 85.7 cm³/mol. The largest absolute Gasteiger partial charge is 0.462 e. The van der Waals surface area contributed by atoms with Gasteiger partial charge in [-0.05, 0) is 43.7 Å². The van der Waals surface area contributed by atoms with Crippen molar-refractivity contribution in [2.24, 2.45) is 0 Å².